The minimum atomic E-state index is -3.91. The van der Waals surface area contributed by atoms with Crippen LogP contribution in [0.2, 0.25) is 0 Å². The second kappa shape index (κ2) is 11.4. The summed E-state index contributed by atoms with van der Waals surface area (Å²) in [7, 11) is -3.91. The van der Waals surface area contributed by atoms with Crippen LogP contribution in [0.25, 0.3) is 11.0 Å². The van der Waals surface area contributed by atoms with E-state index in [1.165, 1.54) is 24.3 Å². The van der Waals surface area contributed by atoms with Crippen LogP contribution < -0.4 is 15.1 Å². The van der Waals surface area contributed by atoms with Crippen LogP contribution in [0.4, 0.5) is 0 Å². The first-order valence-corrected chi connectivity index (χ1v) is 13.1. The molecular formula is C26H31NO6S. The molecule has 8 heteroatoms. The molecule has 0 aliphatic heterocycles. The van der Waals surface area contributed by atoms with E-state index in [-0.39, 0.29) is 10.6 Å². The number of fused-ring (bicyclic) bond motifs is 1. The van der Waals surface area contributed by atoms with Crippen molar-refractivity contribution < 1.29 is 22.4 Å². The second-order valence-electron chi connectivity index (χ2n) is 8.40. The maximum atomic E-state index is 13.0. The van der Waals surface area contributed by atoms with Crippen LogP contribution in [0.3, 0.4) is 0 Å². The number of benzene rings is 2. The summed E-state index contributed by atoms with van der Waals surface area (Å²) in [5.41, 5.74) is 1.68. The Balaban J connectivity index is 1.83. The van der Waals surface area contributed by atoms with Crippen LogP contribution in [0.1, 0.15) is 57.1 Å². The number of nitrogens with one attached hydrogen (secondary N) is 1. The average molecular weight is 486 g/mol. The SMILES string of the molecule is CCCCc1cc(=O)oc2cc(OC(=O)C(CCCC)NS(=O)(=O)c3ccc(C)cc3)ccc12. The Hall–Kier alpha value is -2.97. The summed E-state index contributed by atoms with van der Waals surface area (Å²) >= 11 is 0. The van der Waals surface area contributed by atoms with Crippen molar-refractivity contribution in [2.75, 3.05) is 0 Å². The highest BCUT2D eigenvalue weighted by molar-refractivity contribution is 7.89. The van der Waals surface area contributed by atoms with E-state index in [1.807, 2.05) is 13.8 Å². The molecule has 1 aromatic heterocycles. The van der Waals surface area contributed by atoms with Gasteiger partial charge in [-0.3, -0.25) is 0 Å². The summed E-state index contributed by atoms with van der Waals surface area (Å²) in [6, 6.07) is 11.7. The highest BCUT2D eigenvalue weighted by atomic mass is 32.2. The molecule has 7 nitrogen and oxygen atoms in total. The molecule has 0 spiro atoms. The van der Waals surface area contributed by atoms with E-state index in [0.29, 0.717) is 18.4 Å². The van der Waals surface area contributed by atoms with Crippen molar-refractivity contribution in [2.24, 2.45) is 0 Å². The van der Waals surface area contributed by atoms with Gasteiger partial charge in [-0.2, -0.15) is 4.72 Å². The molecule has 0 radical (unpaired) electrons. The number of hydrogen-bond acceptors (Lipinski definition) is 6. The van der Waals surface area contributed by atoms with Gasteiger partial charge in [-0.15, -0.1) is 0 Å². The van der Waals surface area contributed by atoms with Gasteiger partial charge in [-0.25, -0.2) is 18.0 Å². The number of esters is 1. The monoisotopic (exact) mass is 485 g/mol. The fourth-order valence-electron chi connectivity index (χ4n) is 3.64. The van der Waals surface area contributed by atoms with Crippen molar-refractivity contribution in [3.8, 4) is 5.75 Å². The van der Waals surface area contributed by atoms with Gasteiger partial charge < -0.3 is 9.15 Å². The summed E-state index contributed by atoms with van der Waals surface area (Å²) in [4.78, 5) is 25.0. The molecule has 1 unspecified atom stereocenters. The predicted octanol–water partition coefficient (Wildman–Crippen LogP) is 4.89. The van der Waals surface area contributed by atoms with Gasteiger partial charge in [0, 0.05) is 17.5 Å². The molecule has 34 heavy (non-hydrogen) atoms. The lowest BCUT2D eigenvalue weighted by atomic mass is 10.0. The quantitative estimate of drug-likeness (QED) is 0.236. The molecule has 0 saturated carbocycles. The Labute approximate surface area is 200 Å². The molecule has 1 atom stereocenters. The van der Waals surface area contributed by atoms with E-state index in [2.05, 4.69) is 11.6 Å². The number of hydrogen-bond donors (Lipinski definition) is 1. The van der Waals surface area contributed by atoms with Crippen molar-refractivity contribution in [3.63, 3.8) is 0 Å². The smallest absolute Gasteiger partial charge is 0.336 e. The fraction of sp³-hybridized carbons (Fsp3) is 0.385. The topological polar surface area (TPSA) is 103 Å². The van der Waals surface area contributed by atoms with Crippen molar-refractivity contribution in [2.45, 2.75) is 70.2 Å². The zero-order valence-corrected chi connectivity index (χ0v) is 20.6. The van der Waals surface area contributed by atoms with Crippen LogP contribution in [-0.4, -0.2) is 20.4 Å². The van der Waals surface area contributed by atoms with Crippen LogP contribution in [0.5, 0.6) is 5.75 Å². The third kappa shape index (κ3) is 6.55. The molecule has 1 heterocycles. The fourth-order valence-corrected chi connectivity index (χ4v) is 4.86. The van der Waals surface area contributed by atoms with E-state index in [9.17, 15) is 18.0 Å². The number of rotatable bonds is 11. The molecule has 2 aromatic carbocycles. The first-order valence-electron chi connectivity index (χ1n) is 11.6. The Bertz CT molecular complexity index is 1300. The number of unbranched alkanes of at least 4 members (excludes halogenated alkanes) is 2. The Morgan fingerprint density at radius 2 is 1.74 bits per heavy atom. The minimum absolute atomic E-state index is 0.0829. The molecule has 0 aliphatic rings. The zero-order valence-electron chi connectivity index (χ0n) is 19.8. The van der Waals surface area contributed by atoms with E-state index < -0.39 is 27.7 Å². The van der Waals surface area contributed by atoms with Crippen molar-refractivity contribution in [3.05, 3.63) is 70.1 Å². The van der Waals surface area contributed by atoms with Crippen molar-refractivity contribution in [1.82, 2.24) is 4.72 Å². The van der Waals surface area contributed by atoms with Gasteiger partial charge in [0.2, 0.25) is 10.0 Å². The molecule has 3 aromatic rings. The first-order chi connectivity index (χ1) is 16.2. The van der Waals surface area contributed by atoms with Crippen molar-refractivity contribution in [1.29, 1.82) is 0 Å². The highest BCUT2D eigenvalue weighted by Crippen LogP contribution is 2.24. The van der Waals surface area contributed by atoms with Gasteiger partial charge in [0.25, 0.3) is 0 Å². The summed E-state index contributed by atoms with van der Waals surface area (Å²) in [6.45, 7) is 5.90. The lowest BCUT2D eigenvalue weighted by Gasteiger charge is -2.18. The number of aryl methyl sites for hydroxylation is 2. The summed E-state index contributed by atoms with van der Waals surface area (Å²) < 4.78 is 39.0. The van der Waals surface area contributed by atoms with Crippen molar-refractivity contribution >= 4 is 27.0 Å². The van der Waals surface area contributed by atoms with Crippen LogP contribution >= 0.6 is 0 Å². The molecular weight excluding hydrogens is 454 g/mol. The summed E-state index contributed by atoms with van der Waals surface area (Å²) in [5.74, 6) is -0.530. The maximum Gasteiger partial charge on any atom is 0.336 e. The van der Waals surface area contributed by atoms with E-state index in [4.69, 9.17) is 9.15 Å². The molecule has 0 aliphatic carbocycles. The molecule has 0 bridgehead atoms. The lowest BCUT2D eigenvalue weighted by molar-refractivity contribution is -0.136. The zero-order chi connectivity index (χ0) is 24.7. The van der Waals surface area contributed by atoms with Gasteiger partial charge >= 0.3 is 11.6 Å². The summed E-state index contributed by atoms with van der Waals surface area (Å²) in [5, 5.41) is 0.787. The largest absolute Gasteiger partial charge is 0.425 e. The van der Waals surface area contributed by atoms with Gasteiger partial charge in [-0.1, -0.05) is 50.8 Å². The molecule has 1 N–H and O–H groups in total. The number of carbonyl (C=O) groups is 1. The normalized spacial score (nSPS) is 12.6. The minimum Gasteiger partial charge on any atom is -0.425 e. The second-order valence-corrected chi connectivity index (χ2v) is 10.1. The van der Waals surface area contributed by atoms with Crippen LogP contribution in [-0.2, 0) is 21.2 Å². The Morgan fingerprint density at radius 1 is 1.03 bits per heavy atom. The molecule has 0 saturated heterocycles. The van der Waals surface area contributed by atoms with Crippen LogP contribution in [0.15, 0.2) is 62.6 Å². The molecule has 0 fully saturated rings. The van der Waals surface area contributed by atoms with E-state index in [1.54, 1.807) is 24.3 Å². The molecule has 0 amide bonds. The van der Waals surface area contributed by atoms with Crippen LogP contribution in [0, 0.1) is 6.92 Å². The third-order valence-corrected chi connectivity index (χ3v) is 7.07. The standard InChI is InChI=1S/C26H31NO6S/c1-4-6-8-19-16-25(28)33-24-17-20(12-15-22(19)24)32-26(29)23(9-7-5-2)27-34(30,31)21-13-10-18(3)11-14-21/h10-17,23,27H,4-9H2,1-3H3. The predicted molar refractivity (Wildman–Crippen MR) is 132 cm³/mol. The lowest BCUT2D eigenvalue weighted by Crippen LogP contribution is -2.42. The molecule has 3 rings (SSSR count). The van der Waals surface area contributed by atoms with Gasteiger partial charge in [0.15, 0.2) is 0 Å². The summed E-state index contributed by atoms with van der Waals surface area (Å²) in [6.07, 6.45) is 4.41. The maximum absolute atomic E-state index is 13.0. The Kier molecular flexibility index (Phi) is 8.63. The number of carbonyl (C=O) groups excluding carboxylic acids is 1. The molecule has 182 valence electrons. The third-order valence-electron chi connectivity index (χ3n) is 5.58. The van der Waals surface area contributed by atoms with Gasteiger partial charge in [0.05, 0.1) is 4.90 Å². The van der Waals surface area contributed by atoms with Gasteiger partial charge in [-0.05, 0) is 56.0 Å². The Morgan fingerprint density at radius 3 is 2.41 bits per heavy atom. The van der Waals surface area contributed by atoms with Gasteiger partial charge in [0.1, 0.15) is 17.4 Å². The average Bonchev–Trinajstić information content (AvgIpc) is 2.80. The van der Waals surface area contributed by atoms with E-state index >= 15 is 0 Å². The first kappa shape index (κ1) is 25.6. The number of sulfonamides is 1. The van der Waals surface area contributed by atoms with E-state index in [0.717, 1.165) is 42.2 Å². The highest BCUT2D eigenvalue weighted by Gasteiger charge is 2.27. The number of ether oxygens (including phenoxy) is 1.